The minimum atomic E-state index is 1.00. The van der Waals surface area contributed by atoms with Crippen molar-refractivity contribution < 1.29 is 0 Å². The Morgan fingerprint density at radius 1 is 0.938 bits per heavy atom. The molecule has 1 rings (SSSR count). The number of hydrogen-bond acceptors (Lipinski definition) is 0. The maximum atomic E-state index is 3.80. The zero-order valence-corrected chi connectivity index (χ0v) is 9.66. The predicted molar refractivity (Wildman–Crippen MR) is 74.9 cm³/mol. The van der Waals surface area contributed by atoms with Crippen LogP contribution >= 0.6 is 0 Å². The fourth-order valence-electron chi connectivity index (χ4n) is 1.58. The summed E-state index contributed by atoms with van der Waals surface area (Å²) >= 11 is 0. The molecule has 0 aliphatic heterocycles. The van der Waals surface area contributed by atoms with E-state index in [-0.39, 0.29) is 0 Å². The van der Waals surface area contributed by atoms with Crippen LogP contribution in [0, 0.1) is 0 Å². The first-order valence-corrected chi connectivity index (χ1v) is 5.21. The quantitative estimate of drug-likeness (QED) is 0.688. The van der Waals surface area contributed by atoms with Gasteiger partial charge in [-0.2, -0.15) is 0 Å². The first kappa shape index (κ1) is 12.1. The van der Waals surface area contributed by atoms with Crippen LogP contribution in [0.4, 0.5) is 0 Å². The van der Waals surface area contributed by atoms with Gasteiger partial charge in [-0.3, -0.25) is 0 Å². The van der Waals surface area contributed by atoms with Crippen LogP contribution < -0.4 is 0 Å². The summed E-state index contributed by atoms with van der Waals surface area (Å²) in [5.74, 6) is 0. The van der Waals surface area contributed by atoms with E-state index < -0.39 is 0 Å². The molecule has 1 N–H and O–H groups in total. The maximum Gasteiger partial charge on any atom is 0.0458 e. The van der Waals surface area contributed by atoms with Crippen LogP contribution in [0.2, 0.25) is 0 Å². The molecule has 82 valence electrons. The molecule has 0 aromatic carbocycles. The van der Waals surface area contributed by atoms with Crippen molar-refractivity contribution in [2.24, 2.45) is 0 Å². The molecule has 0 aliphatic rings. The molecule has 1 heteroatoms. The normalized spacial score (nSPS) is 11.1. The van der Waals surface area contributed by atoms with Crippen molar-refractivity contribution >= 4 is 24.3 Å². The van der Waals surface area contributed by atoms with Crippen LogP contribution in [0.3, 0.4) is 0 Å². The van der Waals surface area contributed by atoms with Crippen LogP contribution in [0.5, 0.6) is 0 Å². The third-order valence-corrected chi connectivity index (χ3v) is 2.28. The smallest absolute Gasteiger partial charge is 0.0458 e. The standard InChI is InChI=1S/C15H17N/c1-5-9-11-13-12(10-6-2)14(7-3)16-15(13)8-4/h5-11,16H,1,3-4H2,2H3/b10-6-,11-9-. The van der Waals surface area contributed by atoms with Crippen LogP contribution in [-0.4, -0.2) is 4.98 Å². The lowest BCUT2D eigenvalue weighted by atomic mass is 10.1. The van der Waals surface area contributed by atoms with E-state index in [1.54, 1.807) is 6.08 Å². The van der Waals surface area contributed by atoms with E-state index in [2.05, 4.69) is 30.8 Å². The summed E-state index contributed by atoms with van der Waals surface area (Å²) in [6, 6.07) is 0. The van der Waals surface area contributed by atoms with Gasteiger partial charge in [-0.25, -0.2) is 0 Å². The first-order chi connectivity index (χ1) is 7.78. The van der Waals surface area contributed by atoms with Crippen molar-refractivity contribution in [2.75, 3.05) is 0 Å². The van der Waals surface area contributed by atoms with Crippen LogP contribution in [0.1, 0.15) is 29.4 Å². The van der Waals surface area contributed by atoms with E-state index in [0.29, 0.717) is 0 Å². The van der Waals surface area contributed by atoms with Gasteiger partial charge in [0.25, 0.3) is 0 Å². The van der Waals surface area contributed by atoms with Gasteiger partial charge in [0.2, 0.25) is 0 Å². The molecule has 0 spiro atoms. The highest BCUT2D eigenvalue weighted by Gasteiger charge is 2.08. The largest absolute Gasteiger partial charge is 0.355 e. The van der Waals surface area contributed by atoms with Gasteiger partial charge in [-0.05, 0) is 19.1 Å². The molecular formula is C15H17N. The summed E-state index contributed by atoms with van der Waals surface area (Å²) in [6.07, 6.45) is 13.4. The zero-order chi connectivity index (χ0) is 12.0. The molecule has 0 saturated heterocycles. The van der Waals surface area contributed by atoms with Gasteiger partial charge in [0, 0.05) is 22.5 Å². The monoisotopic (exact) mass is 211 g/mol. The summed E-state index contributed by atoms with van der Waals surface area (Å²) in [5, 5.41) is 0. The maximum absolute atomic E-state index is 3.80. The molecule has 0 amide bonds. The van der Waals surface area contributed by atoms with Crippen molar-refractivity contribution in [3.63, 3.8) is 0 Å². The molecule has 0 aliphatic carbocycles. The summed E-state index contributed by atoms with van der Waals surface area (Å²) in [7, 11) is 0. The van der Waals surface area contributed by atoms with Gasteiger partial charge >= 0.3 is 0 Å². The summed E-state index contributed by atoms with van der Waals surface area (Å²) in [5.41, 5.74) is 4.26. The van der Waals surface area contributed by atoms with E-state index in [1.165, 1.54) is 0 Å². The lowest BCUT2D eigenvalue weighted by Crippen LogP contribution is -1.77. The number of rotatable bonds is 5. The highest BCUT2D eigenvalue weighted by atomic mass is 14.7. The summed E-state index contributed by atoms with van der Waals surface area (Å²) < 4.78 is 0. The van der Waals surface area contributed by atoms with Crippen molar-refractivity contribution in [2.45, 2.75) is 6.92 Å². The molecule has 0 unspecified atom stereocenters. The van der Waals surface area contributed by atoms with E-state index in [1.807, 2.05) is 37.3 Å². The molecule has 0 bridgehead atoms. The Morgan fingerprint density at radius 3 is 1.94 bits per heavy atom. The van der Waals surface area contributed by atoms with Crippen LogP contribution in [0.15, 0.2) is 38.0 Å². The minimum absolute atomic E-state index is 1.00. The average molecular weight is 211 g/mol. The Labute approximate surface area is 97.2 Å². The topological polar surface area (TPSA) is 15.8 Å². The predicted octanol–water partition coefficient (Wildman–Crippen LogP) is 4.53. The second-order valence-electron chi connectivity index (χ2n) is 3.28. The third-order valence-electron chi connectivity index (χ3n) is 2.28. The van der Waals surface area contributed by atoms with E-state index >= 15 is 0 Å². The minimum Gasteiger partial charge on any atom is -0.355 e. The molecular weight excluding hydrogens is 194 g/mol. The number of aromatic amines is 1. The lowest BCUT2D eigenvalue weighted by Gasteiger charge is -1.95. The molecule has 1 aromatic rings. The molecule has 1 nitrogen and oxygen atoms in total. The van der Waals surface area contributed by atoms with Gasteiger partial charge in [0.15, 0.2) is 0 Å². The molecule has 1 heterocycles. The fourth-order valence-corrected chi connectivity index (χ4v) is 1.58. The highest BCUT2D eigenvalue weighted by molar-refractivity contribution is 5.78. The van der Waals surface area contributed by atoms with Crippen molar-refractivity contribution in [1.29, 1.82) is 0 Å². The fraction of sp³-hybridized carbons (Fsp3) is 0.0667. The average Bonchev–Trinajstić information content (AvgIpc) is 2.64. The molecule has 0 fully saturated rings. The number of nitrogens with one attached hydrogen (secondary N) is 1. The molecule has 1 aromatic heterocycles. The van der Waals surface area contributed by atoms with Crippen LogP contribution in [-0.2, 0) is 0 Å². The Kier molecular flexibility index (Phi) is 4.34. The first-order valence-electron chi connectivity index (χ1n) is 5.21. The SMILES string of the molecule is C=C/C=C\c1c(C=C)[nH]c(C=C)c1/C=C\C. The number of allylic oxidation sites excluding steroid dienone is 3. The second kappa shape index (κ2) is 5.76. The van der Waals surface area contributed by atoms with Gasteiger partial charge in [0.05, 0.1) is 0 Å². The second-order valence-corrected chi connectivity index (χ2v) is 3.28. The van der Waals surface area contributed by atoms with E-state index in [4.69, 9.17) is 0 Å². The highest BCUT2D eigenvalue weighted by Crippen LogP contribution is 2.24. The van der Waals surface area contributed by atoms with Crippen molar-refractivity contribution in [3.8, 4) is 0 Å². The molecule has 0 radical (unpaired) electrons. The molecule has 16 heavy (non-hydrogen) atoms. The van der Waals surface area contributed by atoms with Crippen LogP contribution in [0.25, 0.3) is 24.3 Å². The Balaban J connectivity index is 3.44. The van der Waals surface area contributed by atoms with E-state index in [0.717, 1.165) is 22.5 Å². The van der Waals surface area contributed by atoms with Crippen molar-refractivity contribution in [3.05, 3.63) is 60.5 Å². The molecule has 0 saturated carbocycles. The van der Waals surface area contributed by atoms with Gasteiger partial charge in [-0.1, -0.05) is 50.1 Å². The zero-order valence-electron chi connectivity index (χ0n) is 9.66. The van der Waals surface area contributed by atoms with Gasteiger partial charge < -0.3 is 4.98 Å². The number of H-pyrrole nitrogens is 1. The molecule has 0 atom stereocenters. The number of hydrogen-bond donors (Lipinski definition) is 1. The summed E-state index contributed by atoms with van der Waals surface area (Å²) in [4.78, 5) is 3.27. The van der Waals surface area contributed by atoms with Crippen molar-refractivity contribution in [1.82, 2.24) is 4.98 Å². The Hall–Kier alpha value is -2.02. The number of aromatic nitrogens is 1. The Morgan fingerprint density at radius 2 is 1.50 bits per heavy atom. The third kappa shape index (κ3) is 2.31. The lowest BCUT2D eigenvalue weighted by molar-refractivity contribution is 1.34. The van der Waals surface area contributed by atoms with E-state index in [9.17, 15) is 0 Å². The van der Waals surface area contributed by atoms with Gasteiger partial charge in [0.1, 0.15) is 0 Å². The summed E-state index contributed by atoms with van der Waals surface area (Å²) in [6.45, 7) is 13.3. The Bertz CT molecular complexity index is 456. The van der Waals surface area contributed by atoms with Gasteiger partial charge in [-0.15, -0.1) is 0 Å².